The molecule has 1 saturated heterocycles. The van der Waals surface area contributed by atoms with Crippen molar-refractivity contribution in [3.63, 3.8) is 0 Å². The van der Waals surface area contributed by atoms with Gasteiger partial charge in [-0.15, -0.1) is 0 Å². The Kier molecular flexibility index (Phi) is 6.29. The Labute approximate surface area is 131 Å². The standard InChI is InChI=1S/C20H33N/c1-16(2)5-6-18-11-13-21(14-12-18)15-19-7-9-20(10-8-19)17(3)4/h7-10,16-18H,5-6,11-15H2,1-4H3. The van der Waals surface area contributed by atoms with Crippen molar-refractivity contribution in [1.29, 1.82) is 0 Å². The number of hydrogen-bond donors (Lipinski definition) is 0. The van der Waals surface area contributed by atoms with Crippen LogP contribution in [0.15, 0.2) is 24.3 Å². The third kappa shape index (κ3) is 5.47. The third-order valence-corrected chi connectivity index (χ3v) is 4.91. The summed E-state index contributed by atoms with van der Waals surface area (Å²) in [6.07, 6.45) is 5.64. The van der Waals surface area contributed by atoms with E-state index in [-0.39, 0.29) is 0 Å². The predicted octanol–water partition coefficient (Wildman–Crippen LogP) is 5.46. The van der Waals surface area contributed by atoms with Crippen molar-refractivity contribution in [2.45, 2.75) is 65.8 Å². The van der Waals surface area contributed by atoms with E-state index in [4.69, 9.17) is 0 Å². The first-order chi connectivity index (χ1) is 10.0. The van der Waals surface area contributed by atoms with Gasteiger partial charge in [0.15, 0.2) is 0 Å². The van der Waals surface area contributed by atoms with E-state index < -0.39 is 0 Å². The van der Waals surface area contributed by atoms with Gasteiger partial charge < -0.3 is 0 Å². The molecule has 1 aromatic carbocycles. The van der Waals surface area contributed by atoms with Crippen molar-refractivity contribution < 1.29 is 0 Å². The largest absolute Gasteiger partial charge is 0.299 e. The summed E-state index contributed by atoms with van der Waals surface area (Å²) in [6.45, 7) is 12.9. The Bertz CT molecular complexity index is 396. The molecule has 1 fully saturated rings. The Morgan fingerprint density at radius 1 is 1.00 bits per heavy atom. The minimum atomic E-state index is 0.635. The average Bonchev–Trinajstić information content (AvgIpc) is 2.47. The highest BCUT2D eigenvalue weighted by Gasteiger charge is 2.19. The van der Waals surface area contributed by atoms with Crippen LogP contribution in [-0.4, -0.2) is 18.0 Å². The Balaban J connectivity index is 1.75. The van der Waals surface area contributed by atoms with Gasteiger partial charge >= 0.3 is 0 Å². The second kappa shape index (κ2) is 7.98. The van der Waals surface area contributed by atoms with Crippen molar-refractivity contribution in [3.8, 4) is 0 Å². The SMILES string of the molecule is CC(C)CCC1CCN(Cc2ccc(C(C)C)cc2)CC1. The van der Waals surface area contributed by atoms with E-state index >= 15 is 0 Å². The van der Waals surface area contributed by atoms with Crippen molar-refractivity contribution in [2.24, 2.45) is 11.8 Å². The monoisotopic (exact) mass is 287 g/mol. The molecule has 0 saturated carbocycles. The summed E-state index contributed by atoms with van der Waals surface area (Å²) in [4.78, 5) is 2.64. The molecule has 0 N–H and O–H groups in total. The lowest BCUT2D eigenvalue weighted by molar-refractivity contribution is 0.168. The van der Waals surface area contributed by atoms with Gasteiger partial charge in [0.25, 0.3) is 0 Å². The maximum absolute atomic E-state index is 2.64. The topological polar surface area (TPSA) is 3.24 Å². The Morgan fingerprint density at radius 3 is 2.14 bits per heavy atom. The van der Waals surface area contributed by atoms with Gasteiger partial charge in [0.1, 0.15) is 0 Å². The molecule has 2 rings (SSSR count). The van der Waals surface area contributed by atoms with E-state index in [9.17, 15) is 0 Å². The van der Waals surface area contributed by atoms with Crippen LogP contribution in [0.2, 0.25) is 0 Å². The molecule has 0 amide bonds. The zero-order chi connectivity index (χ0) is 15.2. The molecule has 0 bridgehead atoms. The lowest BCUT2D eigenvalue weighted by Crippen LogP contribution is -2.33. The first-order valence-electron chi connectivity index (χ1n) is 8.85. The molecule has 0 unspecified atom stereocenters. The van der Waals surface area contributed by atoms with E-state index in [0.717, 1.165) is 18.4 Å². The fourth-order valence-electron chi connectivity index (χ4n) is 3.27. The molecular weight excluding hydrogens is 254 g/mol. The number of nitrogens with zero attached hydrogens (tertiary/aromatic N) is 1. The molecular formula is C20H33N. The Morgan fingerprint density at radius 2 is 1.62 bits per heavy atom. The minimum absolute atomic E-state index is 0.635. The van der Waals surface area contributed by atoms with E-state index in [1.54, 1.807) is 0 Å². The van der Waals surface area contributed by atoms with E-state index in [2.05, 4.69) is 56.9 Å². The fourth-order valence-corrected chi connectivity index (χ4v) is 3.27. The second-order valence-corrected chi connectivity index (χ2v) is 7.59. The summed E-state index contributed by atoms with van der Waals surface area (Å²) in [7, 11) is 0. The number of hydrogen-bond acceptors (Lipinski definition) is 1. The van der Waals surface area contributed by atoms with Crippen LogP contribution in [0.5, 0.6) is 0 Å². The molecule has 21 heavy (non-hydrogen) atoms. The van der Waals surface area contributed by atoms with Crippen LogP contribution in [-0.2, 0) is 6.54 Å². The van der Waals surface area contributed by atoms with E-state index in [1.165, 1.54) is 49.9 Å². The molecule has 0 atom stereocenters. The highest BCUT2D eigenvalue weighted by atomic mass is 15.1. The molecule has 1 aromatic rings. The summed E-state index contributed by atoms with van der Waals surface area (Å²) < 4.78 is 0. The molecule has 1 aliphatic rings. The highest BCUT2D eigenvalue weighted by molar-refractivity contribution is 5.24. The van der Waals surface area contributed by atoms with Crippen LogP contribution in [0, 0.1) is 11.8 Å². The number of likely N-dealkylation sites (tertiary alicyclic amines) is 1. The maximum Gasteiger partial charge on any atom is 0.0233 e. The normalized spacial score (nSPS) is 17.8. The van der Waals surface area contributed by atoms with Gasteiger partial charge in [0.2, 0.25) is 0 Å². The molecule has 118 valence electrons. The smallest absolute Gasteiger partial charge is 0.0233 e. The summed E-state index contributed by atoms with van der Waals surface area (Å²) in [5.74, 6) is 2.48. The molecule has 0 radical (unpaired) electrons. The lowest BCUT2D eigenvalue weighted by atomic mass is 9.89. The summed E-state index contributed by atoms with van der Waals surface area (Å²) in [5, 5.41) is 0. The number of benzene rings is 1. The van der Waals surface area contributed by atoms with Crippen LogP contribution in [0.1, 0.15) is 70.4 Å². The summed E-state index contributed by atoms with van der Waals surface area (Å²) >= 11 is 0. The predicted molar refractivity (Wildman–Crippen MR) is 92.6 cm³/mol. The summed E-state index contributed by atoms with van der Waals surface area (Å²) in [6, 6.07) is 9.24. The number of piperidine rings is 1. The zero-order valence-corrected chi connectivity index (χ0v) is 14.4. The third-order valence-electron chi connectivity index (χ3n) is 4.91. The molecule has 1 aliphatic heterocycles. The quantitative estimate of drug-likeness (QED) is 0.671. The first kappa shape index (κ1) is 16.5. The van der Waals surface area contributed by atoms with Gasteiger partial charge in [-0.2, -0.15) is 0 Å². The maximum atomic E-state index is 2.64. The van der Waals surface area contributed by atoms with Gasteiger partial charge in [-0.1, -0.05) is 64.8 Å². The van der Waals surface area contributed by atoms with Crippen molar-refractivity contribution in [2.75, 3.05) is 13.1 Å². The summed E-state index contributed by atoms with van der Waals surface area (Å²) in [5.41, 5.74) is 2.92. The van der Waals surface area contributed by atoms with Crippen LogP contribution in [0.4, 0.5) is 0 Å². The van der Waals surface area contributed by atoms with Crippen molar-refractivity contribution >= 4 is 0 Å². The van der Waals surface area contributed by atoms with Crippen molar-refractivity contribution in [3.05, 3.63) is 35.4 Å². The molecule has 1 nitrogen and oxygen atoms in total. The number of rotatable bonds is 6. The van der Waals surface area contributed by atoms with Gasteiger partial charge in [-0.05, 0) is 54.8 Å². The van der Waals surface area contributed by atoms with E-state index in [1.807, 2.05) is 0 Å². The van der Waals surface area contributed by atoms with E-state index in [0.29, 0.717) is 5.92 Å². The van der Waals surface area contributed by atoms with Gasteiger partial charge in [-0.25, -0.2) is 0 Å². The molecule has 0 spiro atoms. The van der Waals surface area contributed by atoms with Crippen LogP contribution in [0.3, 0.4) is 0 Å². The van der Waals surface area contributed by atoms with Gasteiger partial charge in [-0.3, -0.25) is 4.90 Å². The van der Waals surface area contributed by atoms with Gasteiger partial charge in [0, 0.05) is 6.54 Å². The molecule has 0 aliphatic carbocycles. The zero-order valence-electron chi connectivity index (χ0n) is 14.4. The molecule has 0 aromatic heterocycles. The lowest BCUT2D eigenvalue weighted by Gasteiger charge is -2.32. The minimum Gasteiger partial charge on any atom is -0.299 e. The first-order valence-corrected chi connectivity index (χ1v) is 8.85. The fraction of sp³-hybridized carbons (Fsp3) is 0.700. The van der Waals surface area contributed by atoms with Crippen LogP contribution < -0.4 is 0 Å². The average molecular weight is 287 g/mol. The molecule has 1 heteroatoms. The highest BCUT2D eigenvalue weighted by Crippen LogP contribution is 2.25. The van der Waals surface area contributed by atoms with Crippen LogP contribution in [0.25, 0.3) is 0 Å². The molecule has 1 heterocycles. The van der Waals surface area contributed by atoms with Crippen molar-refractivity contribution in [1.82, 2.24) is 4.90 Å². The Hall–Kier alpha value is -0.820. The second-order valence-electron chi connectivity index (χ2n) is 7.59. The van der Waals surface area contributed by atoms with Crippen LogP contribution >= 0.6 is 0 Å². The van der Waals surface area contributed by atoms with Gasteiger partial charge in [0.05, 0.1) is 0 Å².